The van der Waals surface area contributed by atoms with Crippen molar-refractivity contribution in [2.24, 2.45) is 0 Å². The van der Waals surface area contributed by atoms with E-state index in [2.05, 4.69) is 9.97 Å². The average molecular weight is 345 g/mol. The highest BCUT2D eigenvalue weighted by Crippen LogP contribution is 2.36. The molecule has 0 fully saturated rings. The highest BCUT2D eigenvalue weighted by molar-refractivity contribution is 6.34. The van der Waals surface area contributed by atoms with Gasteiger partial charge in [-0.05, 0) is 12.1 Å². The van der Waals surface area contributed by atoms with E-state index in [4.69, 9.17) is 23.2 Å². The number of carbonyl (C=O) groups is 1. The fourth-order valence-electron chi connectivity index (χ4n) is 2.18. The number of aromatic carboxylic acids is 1. The second-order valence-corrected chi connectivity index (χ2v) is 5.53. The Kier molecular flexibility index (Phi) is 4.28. The van der Waals surface area contributed by atoms with E-state index in [0.717, 1.165) is 0 Å². The first-order chi connectivity index (χ1) is 11.1. The van der Waals surface area contributed by atoms with Gasteiger partial charge in [0.15, 0.2) is 5.69 Å². The molecule has 0 amide bonds. The first-order valence-electron chi connectivity index (χ1n) is 6.68. The summed E-state index contributed by atoms with van der Waals surface area (Å²) < 4.78 is 0. The van der Waals surface area contributed by atoms with Gasteiger partial charge in [0.05, 0.1) is 27.6 Å². The third-order valence-corrected chi connectivity index (χ3v) is 3.91. The molecule has 0 atom stereocenters. The highest BCUT2D eigenvalue weighted by Gasteiger charge is 2.18. The molecule has 3 rings (SSSR count). The molecule has 3 aromatic rings. The second kappa shape index (κ2) is 6.36. The molecule has 0 saturated heterocycles. The SMILES string of the molecule is O=C(O)c1cnc(-c2ccccc2Cl)c(-c2ccccc2Cl)n1. The Labute approximate surface area is 142 Å². The average Bonchev–Trinajstić information content (AvgIpc) is 2.55. The lowest BCUT2D eigenvalue weighted by atomic mass is 10.0. The molecule has 4 nitrogen and oxygen atoms in total. The van der Waals surface area contributed by atoms with Crippen LogP contribution in [0.1, 0.15) is 10.5 Å². The standard InChI is InChI=1S/C17H10Cl2N2O2/c18-12-7-3-1-5-10(12)15-16(11-6-2-4-8-13(11)19)21-14(9-20-15)17(22)23/h1-9H,(H,22,23). The zero-order valence-electron chi connectivity index (χ0n) is 11.7. The summed E-state index contributed by atoms with van der Waals surface area (Å²) >= 11 is 12.5. The number of nitrogens with zero attached hydrogens (tertiary/aromatic N) is 2. The first-order valence-corrected chi connectivity index (χ1v) is 7.43. The normalized spacial score (nSPS) is 10.5. The number of carboxylic acids is 1. The van der Waals surface area contributed by atoms with Gasteiger partial charge in [-0.1, -0.05) is 59.6 Å². The van der Waals surface area contributed by atoms with Crippen LogP contribution in [0.3, 0.4) is 0 Å². The molecular formula is C17H10Cl2N2O2. The van der Waals surface area contributed by atoms with E-state index in [-0.39, 0.29) is 5.69 Å². The minimum Gasteiger partial charge on any atom is -0.476 e. The summed E-state index contributed by atoms with van der Waals surface area (Å²) in [7, 11) is 0. The lowest BCUT2D eigenvalue weighted by Crippen LogP contribution is -2.04. The number of benzene rings is 2. The number of aromatic nitrogens is 2. The van der Waals surface area contributed by atoms with Crippen molar-refractivity contribution in [3.05, 3.63) is 70.5 Å². The number of hydrogen-bond acceptors (Lipinski definition) is 3. The fourth-order valence-corrected chi connectivity index (χ4v) is 2.63. The minimum atomic E-state index is -1.16. The highest BCUT2D eigenvalue weighted by atomic mass is 35.5. The Morgan fingerprint density at radius 1 is 0.870 bits per heavy atom. The molecule has 0 spiro atoms. The minimum absolute atomic E-state index is 0.157. The zero-order chi connectivity index (χ0) is 16.4. The fraction of sp³-hybridized carbons (Fsp3) is 0. The predicted molar refractivity (Wildman–Crippen MR) is 89.9 cm³/mol. The van der Waals surface area contributed by atoms with Gasteiger partial charge in [-0.2, -0.15) is 0 Å². The van der Waals surface area contributed by atoms with Crippen molar-refractivity contribution in [3.63, 3.8) is 0 Å². The van der Waals surface area contributed by atoms with Crippen LogP contribution in [0.25, 0.3) is 22.5 Å². The summed E-state index contributed by atoms with van der Waals surface area (Å²) in [5.41, 5.74) is 1.96. The third-order valence-electron chi connectivity index (χ3n) is 3.25. The van der Waals surface area contributed by atoms with Crippen molar-refractivity contribution in [2.75, 3.05) is 0 Å². The molecular weight excluding hydrogens is 335 g/mol. The van der Waals surface area contributed by atoms with Gasteiger partial charge >= 0.3 is 5.97 Å². The van der Waals surface area contributed by atoms with Crippen molar-refractivity contribution in [3.8, 4) is 22.5 Å². The summed E-state index contributed by atoms with van der Waals surface area (Å²) in [6.07, 6.45) is 1.21. The molecule has 2 aromatic carbocycles. The summed E-state index contributed by atoms with van der Waals surface area (Å²) in [6, 6.07) is 14.2. The molecule has 0 aliphatic heterocycles. The van der Waals surface area contributed by atoms with E-state index in [1.165, 1.54) is 6.20 Å². The monoisotopic (exact) mass is 344 g/mol. The van der Waals surface area contributed by atoms with Gasteiger partial charge < -0.3 is 5.11 Å². The molecule has 0 saturated carbocycles. The first kappa shape index (κ1) is 15.5. The van der Waals surface area contributed by atoms with Crippen LogP contribution in [0.5, 0.6) is 0 Å². The summed E-state index contributed by atoms with van der Waals surface area (Å²) in [6.45, 7) is 0. The van der Waals surface area contributed by atoms with Crippen LogP contribution in [0.4, 0.5) is 0 Å². The number of carboxylic acid groups (broad SMARTS) is 1. The van der Waals surface area contributed by atoms with Crippen LogP contribution < -0.4 is 0 Å². The van der Waals surface area contributed by atoms with Gasteiger partial charge in [-0.15, -0.1) is 0 Å². The maximum atomic E-state index is 11.2. The van der Waals surface area contributed by atoms with Crippen LogP contribution in [-0.4, -0.2) is 21.0 Å². The Balaban J connectivity index is 2.31. The molecule has 1 N–H and O–H groups in total. The van der Waals surface area contributed by atoms with E-state index in [0.29, 0.717) is 32.6 Å². The van der Waals surface area contributed by atoms with Crippen molar-refractivity contribution in [2.45, 2.75) is 0 Å². The van der Waals surface area contributed by atoms with E-state index in [9.17, 15) is 9.90 Å². The van der Waals surface area contributed by atoms with Crippen molar-refractivity contribution in [1.82, 2.24) is 9.97 Å². The van der Waals surface area contributed by atoms with Crippen LogP contribution in [-0.2, 0) is 0 Å². The maximum Gasteiger partial charge on any atom is 0.356 e. The lowest BCUT2D eigenvalue weighted by Gasteiger charge is -2.11. The summed E-state index contributed by atoms with van der Waals surface area (Å²) in [5, 5.41) is 10.1. The van der Waals surface area contributed by atoms with Crippen LogP contribution in [0.15, 0.2) is 54.7 Å². The summed E-state index contributed by atoms with van der Waals surface area (Å²) in [5.74, 6) is -1.16. The van der Waals surface area contributed by atoms with E-state index >= 15 is 0 Å². The van der Waals surface area contributed by atoms with Crippen molar-refractivity contribution < 1.29 is 9.90 Å². The Bertz CT molecular complexity index is 897. The quantitative estimate of drug-likeness (QED) is 0.739. The Morgan fingerprint density at radius 2 is 1.39 bits per heavy atom. The van der Waals surface area contributed by atoms with Gasteiger partial charge in [0.25, 0.3) is 0 Å². The molecule has 0 radical (unpaired) electrons. The summed E-state index contributed by atoms with van der Waals surface area (Å²) in [4.78, 5) is 19.7. The molecule has 6 heteroatoms. The molecule has 0 unspecified atom stereocenters. The number of hydrogen-bond donors (Lipinski definition) is 1. The topological polar surface area (TPSA) is 63.1 Å². The van der Waals surface area contributed by atoms with Gasteiger partial charge in [0.2, 0.25) is 0 Å². The third kappa shape index (κ3) is 3.04. The van der Waals surface area contributed by atoms with E-state index < -0.39 is 5.97 Å². The molecule has 1 aromatic heterocycles. The maximum absolute atomic E-state index is 11.2. The Hall–Kier alpha value is -2.43. The van der Waals surface area contributed by atoms with Crippen molar-refractivity contribution in [1.29, 1.82) is 0 Å². The van der Waals surface area contributed by atoms with E-state index in [1.807, 2.05) is 6.07 Å². The zero-order valence-corrected chi connectivity index (χ0v) is 13.2. The number of halogens is 2. The molecule has 0 bridgehead atoms. The molecule has 23 heavy (non-hydrogen) atoms. The number of rotatable bonds is 3. The second-order valence-electron chi connectivity index (χ2n) is 4.72. The van der Waals surface area contributed by atoms with Gasteiger partial charge in [-0.3, -0.25) is 4.98 Å². The van der Waals surface area contributed by atoms with Crippen LogP contribution in [0.2, 0.25) is 10.0 Å². The van der Waals surface area contributed by atoms with Crippen LogP contribution >= 0.6 is 23.2 Å². The molecule has 0 aliphatic rings. The largest absolute Gasteiger partial charge is 0.476 e. The van der Waals surface area contributed by atoms with Gasteiger partial charge in [-0.25, -0.2) is 9.78 Å². The molecule has 114 valence electrons. The van der Waals surface area contributed by atoms with Crippen molar-refractivity contribution >= 4 is 29.2 Å². The van der Waals surface area contributed by atoms with E-state index in [1.54, 1.807) is 42.5 Å². The smallest absolute Gasteiger partial charge is 0.356 e. The molecule has 1 heterocycles. The van der Waals surface area contributed by atoms with Crippen LogP contribution in [0, 0.1) is 0 Å². The Morgan fingerprint density at radius 3 is 1.91 bits per heavy atom. The van der Waals surface area contributed by atoms with Gasteiger partial charge in [0.1, 0.15) is 0 Å². The molecule has 0 aliphatic carbocycles. The lowest BCUT2D eigenvalue weighted by molar-refractivity contribution is 0.0690. The predicted octanol–water partition coefficient (Wildman–Crippen LogP) is 4.82. The van der Waals surface area contributed by atoms with Gasteiger partial charge in [0, 0.05) is 11.1 Å².